The van der Waals surface area contributed by atoms with E-state index in [4.69, 9.17) is 0 Å². The van der Waals surface area contributed by atoms with Crippen LogP contribution in [0.5, 0.6) is 0 Å². The number of hydrogen-bond donors (Lipinski definition) is 1. The predicted molar refractivity (Wildman–Crippen MR) is 68.7 cm³/mol. The molecule has 7 heteroatoms. The zero-order chi connectivity index (χ0) is 13.2. The lowest BCUT2D eigenvalue weighted by molar-refractivity contribution is 0.281. The zero-order valence-corrected chi connectivity index (χ0v) is 11.4. The molecule has 1 N–H and O–H groups in total. The second-order valence-electron chi connectivity index (χ2n) is 4.60. The molecule has 1 unspecified atom stereocenters. The van der Waals surface area contributed by atoms with Gasteiger partial charge in [0.25, 0.3) is 0 Å². The van der Waals surface area contributed by atoms with Crippen LogP contribution in [-0.2, 0) is 10.0 Å². The average Bonchev–Trinajstić information content (AvgIpc) is 2.39. The van der Waals surface area contributed by atoms with Crippen molar-refractivity contribution in [3.05, 3.63) is 12.4 Å². The lowest BCUT2D eigenvalue weighted by Gasteiger charge is -2.29. The van der Waals surface area contributed by atoms with E-state index in [0.29, 0.717) is 25.0 Å². The Morgan fingerprint density at radius 2 is 2.06 bits per heavy atom. The van der Waals surface area contributed by atoms with Crippen molar-refractivity contribution in [1.29, 1.82) is 0 Å². The van der Waals surface area contributed by atoms with E-state index in [9.17, 15) is 8.42 Å². The SMILES string of the molecule is CNc1ncc(S(=O)(=O)N2CCCC(C)C2)cn1. The summed E-state index contributed by atoms with van der Waals surface area (Å²) in [7, 11) is -1.75. The molecule has 1 aliphatic heterocycles. The van der Waals surface area contributed by atoms with Crippen molar-refractivity contribution >= 4 is 16.0 Å². The van der Waals surface area contributed by atoms with Crippen LogP contribution in [0.2, 0.25) is 0 Å². The van der Waals surface area contributed by atoms with Crippen LogP contribution < -0.4 is 5.32 Å². The normalized spacial score (nSPS) is 21.8. The number of rotatable bonds is 3. The van der Waals surface area contributed by atoms with Gasteiger partial charge in [-0.3, -0.25) is 0 Å². The van der Waals surface area contributed by atoms with Gasteiger partial charge in [0.2, 0.25) is 16.0 Å². The standard InChI is InChI=1S/C11H18N4O2S/c1-9-4-3-5-15(8-9)18(16,17)10-6-13-11(12-2)14-7-10/h6-7,9H,3-5,8H2,1-2H3,(H,12,13,14). The van der Waals surface area contributed by atoms with Crippen LogP contribution >= 0.6 is 0 Å². The van der Waals surface area contributed by atoms with Gasteiger partial charge in [-0.1, -0.05) is 6.92 Å². The largest absolute Gasteiger partial charge is 0.357 e. The maximum atomic E-state index is 12.4. The third kappa shape index (κ3) is 2.62. The second-order valence-corrected chi connectivity index (χ2v) is 6.54. The summed E-state index contributed by atoms with van der Waals surface area (Å²) in [6, 6.07) is 0. The molecule has 1 saturated heterocycles. The van der Waals surface area contributed by atoms with E-state index in [1.807, 2.05) is 0 Å². The van der Waals surface area contributed by atoms with Crippen molar-refractivity contribution in [2.24, 2.45) is 5.92 Å². The van der Waals surface area contributed by atoms with E-state index in [1.165, 1.54) is 16.7 Å². The molecule has 2 rings (SSSR count). The first kappa shape index (κ1) is 13.2. The van der Waals surface area contributed by atoms with Crippen molar-refractivity contribution in [1.82, 2.24) is 14.3 Å². The molecule has 0 saturated carbocycles. The van der Waals surface area contributed by atoms with E-state index in [-0.39, 0.29) is 4.90 Å². The molecule has 1 aliphatic rings. The number of hydrogen-bond acceptors (Lipinski definition) is 5. The minimum atomic E-state index is -3.44. The molecular formula is C11H18N4O2S. The van der Waals surface area contributed by atoms with E-state index < -0.39 is 10.0 Å². The lowest BCUT2D eigenvalue weighted by atomic mass is 10.0. The molecule has 0 aliphatic carbocycles. The van der Waals surface area contributed by atoms with Crippen LogP contribution in [0.1, 0.15) is 19.8 Å². The van der Waals surface area contributed by atoms with Crippen LogP contribution in [0.3, 0.4) is 0 Å². The molecule has 100 valence electrons. The van der Waals surface area contributed by atoms with Gasteiger partial charge in [-0.15, -0.1) is 0 Å². The molecule has 1 fully saturated rings. The minimum absolute atomic E-state index is 0.163. The van der Waals surface area contributed by atoms with Crippen molar-refractivity contribution in [3.63, 3.8) is 0 Å². The van der Waals surface area contributed by atoms with Crippen molar-refractivity contribution in [2.45, 2.75) is 24.7 Å². The second kappa shape index (κ2) is 5.19. The summed E-state index contributed by atoms with van der Waals surface area (Å²) in [5.74, 6) is 0.826. The van der Waals surface area contributed by atoms with E-state index in [2.05, 4.69) is 22.2 Å². The van der Waals surface area contributed by atoms with Gasteiger partial charge in [0.05, 0.1) is 12.4 Å². The fourth-order valence-electron chi connectivity index (χ4n) is 2.09. The van der Waals surface area contributed by atoms with Gasteiger partial charge in [-0.25, -0.2) is 18.4 Å². The lowest BCUT2D eigenvalue weighted by Crippen LogP contribution is -2.39. The summed E-state index contributed by atoms with van der Waals surface area (Å²) in [6.45, 7) is 3.23. The Morgan fingerprint density at radius 3 is 2.61 bits per heavy atom. The molecule has 2 heterocycles. The van der Waals surface area contributed by atoms with Crippen LogP contribution in [0.25, 0.3) is 0 Å². The molecule has 6 nitrogen and oxygen atoms in total. The van der Waals surface area contributed by atoms with Gasteiger partial charge in [0, 0.05) is 20.1 Å². The Kier molecular flexibility index (Phi) is 3.82. The van der Waals surface area contributed by atoms with Crippen molar-refractivity contribution in [2.75, 3.05) is 25.5 Å². The topological polar surface area (TPSA) is 75.2 Å². The first-order chi connectivity index (χ1) is 8.54. The fourth-order valence-corrected chi connectivity index (χ4v) is 3.58. The van der Waals surface area contributed by atoms with Crippen molar-refractivity contribution < 1.29 is 8.42 Å². The summed E-state index contributed by atoms with van der Waals surface area (Å²) < 4.78 is 26.2. The zero-order valence-electron chi connectivity index (χ0n) is 10.6. The summed E-state index contributed by atoms with van der Waals surface area (Å²) in [5, 5.41) is 2.76. The number of nitrogens with one attached hydrogen (secondary N) is 1. The highest BCUT2D eigenvalue weighted by Gasteiger charge is 2.29. The van der Waals surface area contributed by atoms with Gasteiger partial charge in [-0.05, 0) is 18.8 Å². The third-order valence-electron chi connectivity index (χ3n) is 3.11. The summed E-state index contributed by atoms with van der Waals surface area (Å²) >= 11 is 0. The Balaban J connectivity index is 2.23. The van der Waals surface area contributed by atoms with E-state index >= 15 is 0 Å². The summed E-state index contributed by atoms with van der Waals surface area (Å²) in [5.41, 5.74) is 0. The molecule has 1 aromatic heterocycles. The van der Waals surface area contributed by atoms with Gasteiger partial charge in [-0.2, -0.15) is 4.31 Å². The Labute approximate surface area is 107 Å². The Hall–Kier alpha value is -1.21. The molecule has 18 heavy (non-hydrogen) atoms. The van der Waals surface area contributed by atoms with Gasteiger partial charge in [0.1, 0.15) is 4.90 Å². The highest BCUT2D eigenvalue weighted by atomic mass is 32.2. The highest BCUT2D eigenvalue weighted by molar-refractivity contribution is 7.89. The maximum absolute atomic E-state index is 12.4. The number of nitrogens with zero attached hydrogens (tertiary/aromatic N) is 3. The Morgan fingerprint density at radius 1 is 1.39 bits per heavy atom. The van der Waals surface area contributed by atoms with E-state index in [1.54, 1.807) is 7.05 Å². The highest BCUT2D eigenvalue weighted by Crippen LogP contribution is 2.22. The first-order valence-corrected chi connectivity index (χ1v) is 7.48. The predicted octanol–water partition coefficient (Wildman–Crippen LogP) is 0.939. The number of piperidine rings is 1. The van der Waals surface area contributed by atoms with Crippen LogP contribution in [0, 0.1) is 5.92 Å². The third-order valence-corrected chi connectivity index (χ3v) is 4.93. The molecule has 1 atom stereocenters. The molecule has 0 spiro atoms. The molecule has 0 radical (unpaired) electrons. The van der Waals surface area contributed by atoms with E-state index in [0.717, 1.165) is 12.8 Å². The number of sulfonamides is 1. The minimum Gasteiger partial charge on any atom is -0.357 e. The molecular weight excluding hydrogens is 252 g/mol. The van der Waals surface area contributed by atoms with Crippen LogP contribution in [-0.4, -0.2) is 42.8 Å². The van der Waals surface area contributed by atoms with Crippen LogP contribution in [0.4, 0.5) is 5.95 Å². The van der Waals surface area contributed by atoms with Crippen molar-refractivity contribution in [3.8, 4) is 0 Å². The monoisotopic (exact) mass is 270 g/mol. The smallest absolute Gasteiger partial charge is 0.246 e. The quantitative estimate of drug-likeness (QED) is 0.884. The number of anilines is 1. The summed E-state index contributed by atoms with van der Waals surface area (Å²) in [4.78, 5) is 8.06. The maximum Gasteiger partial charge on any atom is 0.246 e. The van der Waals surface area contributed by atoms with Gasteiger partial charge >= 0.3 is 0 Å². The first-order valence-electron chi connectivity index (χ1n) is 6.04. The molecule has 0 aromatic carbocycles. The number of aromatic nitrogens is 2. The molecule has 0 amide bonds. The van der Waals surface area contributed by atoms with Crippen LogP contribution in [0.15, 0.2) is 17.3 Å². The summed E-state index contributed by atoms with van der Waals surface area (Å²) in [6.07, 6.45) is 4.71. The fraction of sp³-hybridized carbons (Fsp3) is 0.636. The van der Waals surface area contributed by atoms with Gasteiger partial charge < -0.3 is 5.32 Å². The molecule has 0 bridgehead atoms. The molecule has 1 aromatic rings. The average molecular weight is 270 g/mol. The Bertz CT molecular complexity index is 500. The van der Waals surface area contributed by atoms with Gasteiger partial charge in [0.15, 0.2) is 0 Å².